The minimum Gasteiger partial charge on any atom is -0.453 e. The van der Waals surface area contributed by atoms with Gasteiger partial charge in [0, 0.05) is 19.1 Å². The largest absolute Gasteiger partial charge is 0.453 e. The van der Waals surface area contributed by atoms with Crippen LogP contribution < -0.4 is 0 Å². The molecule has 3 rings (SSSR count). The van der Waals surface area contributed by atoms with E-state index in [4.69, 9.17) is 27.9 Å². The van der Waals surface area contributed by atoms with Crippen molar-refractivity contribution < 1.29 is 14.3 Å². The first-order chi connectivity index (χ1) is 13.3. The van der Waals surface area contributed by atoms with Gasteiger partial charge in [-0.3, -0.25) is 4.79 Å². The molecule has 1 aromatic rings. The molecule has 1 aromatic carbocycles. The van der Waals surface area contributed by atoms with E-state index in [1.54, 1.807) is 17.0 Å². The normalized spacial score (nSPS) is 24.9. The Balaban J connectivity index is 1.85. The van der Waals surface area contributed by atoms with Gasteiger partial charge in [0.15, 0.2) is 0 Å². The first-order valence-electron chi connectivity index (χ1n) is 9.58. The number of hydrogen-bond acceptors (Lipinski definition) is 4. The molecule has 154 valence electrons. The highest BCUT2D eigenvalue weighted by Crippen LogP contribution is 2.33. The van der Waals surface area contributed by atoms with Gasteiger partial charge in [0.2, 0.25) is 5.91 Å². The van der Waals surface area contributed by atoms with Gasteiger partial charge < -0.3 is 19.4 Å². The van der Waals surface area contributed by atoms with E-state index >= 15 is 0 Å². The minimum atomic E-state index is -0.314. The number of fused-ring (bicyclic) bond motifs is 1. The molecular weight excluding hydrogens is 401 g/mol. The van der Waals surface area contributed by atoms with E-state index in [1.807, 2.05) is 25.1 Å². The van der Waals surface area contributed by atoms with Gasteiger partial charge in [-0.2, -0.15) is 0 Å². The van der Waals surface area contributed by atoms with Gasteiger partial charge in [-0.1, -0.05) is 29.3 Å². The van der Waals surface area contributed by atoms with Crippen molar-refractivity contribution in [3.63, 3.8) is 0 Å². The zero-order valence-electron chi connectivity index (χ0n) is 16.5. The lowest BCUT2D eigenvalue weighted by Gasteiger charge is -2.53. The summed E-state index contributed by atoms with van der Waals surface area (Å²) >= 11 is 12.1. The fourth-order valence-electron chi connectivity index (χ4n) is 4.54. The van der Waals surface area contributed by atoms with Gasteiger partial charge in [-0.05, 0) is 51.1 Å². The van der Waals surface area contributed by atoms with Crippen molar-refractivity contribution in [1.29, 1.82) is 0 Å². The van der Waals surface area contributed by atoms with E-state index in [1.165, 1.54) is 7.11 Å². The monoisotopic (exact) mass is 427 g/mol. The van der Waals surface area contributed by atoms with Gasteiger partial charge in [-0.15, -0.1) is 0 Å². The molecule has 2 fully saturated rings. The van der Waals surface area contributed by atoms with Crippen LogP contribution >= 0.6 is 23.2 Å². The Morgan fingerprint density at radius 3 is 2.50 bits per heavy atom. The molecule has 28 heavy (non-hydrogen) atoms. The summed E-state index contributed by atoms with van der Waals surface area (Å²) in [5.41, 5.74) is 0.837. The third-order valence-electron chi connectivity index (χ3n) is 5.86. The highest BCUT2D eigenvalue weighted by Gasteiger charge is 2.47. The molecule has 1 aliphatic heterocycles. The predicted molar refractivity (Wildman–Crippen MR) is 110 cm³/mol. The smallest absolute Gasteiger partial charge is 0.409 e. The summed E-state index contributed by atoms with van der Waals surface area (Å²) in [5, 5.41) is 0.925. The molecule has 1 heterocycles. The van der Waals surface area contributed by atoms with E-state index < -0.39 is 0 Å². The van der Waals surface area contributed by atoms with E-state index in [9.17, 15) is 9.59 Å². The number of piperazine rings is 1. The second-order valence-corrected chi connectivity index (χ2v) is 8.51. The molecule has 2 aliphatic rings. The van der Waals surface area contributed by atoms with Gasteiger partial charge in [0.25, 0.3) is 0 Å². The van der Waals surface area contributed by atoms with Gasteiger partial charge >= 0.3 is 6.09 Å². The third-order valence-corrected chi connectivity index (χ3v) is 6.60. The first kappa shape index (κ1) is 21.2. The molecular formula is C20H27Cl2N3O3. The lowest BCUT2D eigenvalue weighted by molar-refractivity contribution is -0.141. The number of nitrogens with zero attached hydrogens (tertiary/aromatic N) is 3. The van der Waals surface area contributed by atoms with Crippen LogP contribution in [-0.2, 0) is 16.0 Å². The Bertz CT molecular complexity index is 743. The molecule has 6 nitrogen and oxygen atoms in total. The summed E-state index contributed by atoms with van der Waals surface area (Å²) in [6, 6.07) is 5.41. The van der Waals surface area contributed by atoms with Crippen LogP contribution in [0.2, 0.25) is 10.0 Å². The number of hydrogen-bond donors (Lipinski definition) is 0. The number of halogens is 2. The molecule has 0 aromatic heterocycles. The van der Waals surface area contributed by atoms with Crippen LogP contribution in [0.25, 0.3) is 0 Å². The van der Waals surface area contributed by atoms with Crippen molar-refractivity contribution >= 4 is 35.2 Å². The number of likely N-dealkylation sites (N-methyl/N-ethyl adjacent to an activating group) is 1. The van der Waals surface area contributed by atoms with Crippen LogP contribution in [0.1, 0.15) is 24.8 Å². The van der Waals surface area contributed by atoms with Crippen LogP contribution in [0.3, 0.4) is 0 Å². The first-order valence-corrected chi connectivity index (χ1v) is 10.3. The molecule has 1 aliphatic carbocycles. The maximum absolute atomic E-state index is 13.2. The fraction of sp³-hybridized carbons (Fsp3) is 0.600. The highest BCUT2D eigenvalue weighted by molar-refractivity contribution is 6.42. The number of methoxy groups -OCH3 is 1. The zero-order chi connectivity index (χ0) is 20.4. The van der Waals surface area contributed by atoms with Crippen molar-refractivity contribution in [3.05, 3.63) is 33.8 Å². The summed E-state index contributed by atoms with van der Waals surface area (Å²) in [5.74, 6) is 0.0478. The molecule has 0 bridgehead atoms. The quantitative estimate of drug-likeness (QED) is 0.742. The summed E-state index contributed by atoms with van der Waals surface area (Å²) in [6.07, 6.45) is 2.84. The zero-order valence-corrected chi connectivity index (χ0v) is 18.0. The molecule has 1 saturated heterocycles. The molecule has 1 saturated carbocycles. The maximum Gasteiger partial charge on any atom is 0.409 e. The highest BCUT2D eigenvalue weighted by atomic mass is 35.5. The summed E-state index contributed by atoms with van der Waals surface area (Å²) in [7, 11) is 5.48. The van der Waals surface area contributed by atoms with Crippen molar-refractivity contribution in [2.75, 3.05) is 34.3 Å². The van der Waals surface area contributed by atoms with Crippen molar-refractivity contribution in [3.8, 4) is 0 Å². The van der Waals surface area contributed by atoms with E-state index in [0.717, 1.165) is 24.8 Å². The van der Waals surface area contributed by atoms with Crippen LogP contribution in [-0.4, -0.2) is 79.1 Å². The van der Waals surface area contributed by atoms with Crippen LogP contribution in [0.5, 0.6) is 0 Å². The summed E-state index contributed by atoms with van der Waals surface area (Å²) in [4.78, 5) is 31.4. The van der Waals surface area contributed by atoms with E-state index in [2.05, 4.69) is 4.90 Å². The number of amides is 2. The number of rotatable bonds is 3. The second-order valence-electron chi connectivity index (χ2n) is 7.70. The lowest BCUT2D eigenvalue weighted by atomic mass is 9.81. The number of carbonyl (C=O) groups is 2. The van der Waals surface area contributed by atoms with Crippen molar-refractivity contribution in [2.45, 2.75) is 43.8 Å². The van der Waals surface area contributed by atoms with Crippen LogP contribution in [0, 0.1) is 0 Å². The Hall–Kier alpha value is -1.50. The number of carbonyl (C=O) groups excluding carboxylic acids is 2. The molecule has 0 radical (unpaired) electrons. The molecule has 0 unspecified atom stereocenters. The van der Waals surface area contributed by atoms with Crippen molar-refractivity contribution in [1.82, 2.24) is 14.7 Å². The predicted octanol–water partition coefficient (Wildman–Crippen LogP) is 3.30. The molecule has 3 atom stereocenters. The van der Waals surface area contributed by atoms with Crippen molar-refractivity contribution in [2.24, 2.45) is 0 Å². The van der Waals surface area contributed by atoms with Gasteiger partial charge in [-0.25, -0.2) is 4.79 Å². The van der Waals surface area contributed by atoms with Gasteiger partial charge in [0.05, 0.1) is 35.7 Å². The summed E-state index contributed by atoms with van der Waals surface area (Å²) < 4.78 is 4.99. The third kappa shape index (κ3) is 4.24. The molecule has 0 spiro atoms. The summed E-state index contributed by atoms with van der Waals surface area (Å²) in [6.45, 7) is 0.988. The van der Waals surface area contributed by atoms with E-state index in [-0.39, 0.29) is 36.5 Å². The SMILES string of the molecule is COC(=O)N1CCN(C(=O)Cc2ccc(Cl)c(Cl)c2)[C@@H]2[C@@H](N(C)C)CCC[C@@H]21. The second kappa shape index (κ2) is 8.89. The molecule has 0 N–H and O–H groups in total. The standard InChI is InChI=1S/C20H27Cl2N3O3/c1-23(2)16-5-4-6-17-19(16)25(10-9-24(17)20(27)28-3)18(26)12-13-7-8-14(21)15(22)11-13/h7-8,11,16-17,19H,4-6,9-10,12H2,1-3H3/t16-,17-,19+/m0/s1. The average molecular weight is 428 g/mol. The lowest BCUT2D eigenvalue weighted by Crippen LogP contribution is -2.69. The Morgan fingerprint density at radius 2 is 1.86 bits per heavy atom. The Labute approximate surface area is 176 Å². The molecule has 2 amide bonds. The fourth-order valence-corrected chi connectivity index (χ4v) is 4.87. The maximum atomic E-state index is 13.2. The Kier molecular flexibility index (Phi) is 6.73. The van der Waals surface area contributed by atoms with Crippen LogP contribution in [0.4, 0.5) is 4.79 Å². The average Bonchev–Trinajstić information content (AvgIpc) is 2.68. The minimum absolute atomic E-state index is 0.0277. The van der Waals surface area contributed by atoms with Crippen LogP contribution in [0.15, 0.2) is 18.2 Å². The number of ether oxygens (including phenoxy) is 1. The topological polar surface area (TPSA) is 53.1 Å². The van der Waals surface area contributed by atoms with E-state index in [0.29, 0.717) is 23.1 Å². The molecule has 8 heteroatoms. The Morgan fingerprint density at radius 1 is 1.14 bits per heavy atom. The number of benzene rings is 1. The van der Waals surface area contributed by atoms with Gasteiger partial charge in [0.1, 0.15) is 0 Å².